The highest BCUT2D eigenvalue weighted by Crippen LogP contribution is 2.23. The topological polar surface area (TPSA) is 29.3 Å². The lowest BCUT2D eigenvalue weighted by molar-refractivity contribution is 0.156. The first-order valence-electron chi connectivity index (χ1n) is 4.36. The monoisotopic (exact) mass is 200 g/mol. The first-order valence-corrected chi connectivity index (χ1v) is 4.36. The molecule has 0 atom stereocenters. The molecule has 78 valence electrons. The van der Waals surface area contributed by atoms with E-state index in [1.165, 1.54) is 4.90 Å². The molecular weight excluding hydrogens is 186 g/mol. The number of benzene rings is 1. The molecule has 2 N–H and O–H groups in total. The quantitative estimate of drug-likeness (QED) is 0.758. The van der Waals surface area contributed by atoms with Crippen LogP contribution in [0.3, 0.4) is 0 Å². The minimum atomic E-state index is -2.33. The van der Waals surface area contributed by atoms with Crippen LogP contribution in [0.1, 0.15) is 5.56 Å². The molecule has 1 aromatic carbocycles. The maximum absolute atomic E-state index is 12.1. The lowest BCUT2D eigenvalue weighted by Crippen LogP contribution is -2.24. The van der Waals surface area contributed by atoms with Gasteiger partial charge in [0.15, 0.2) is 0 Å². The maximum Gasteiger partial charge on any atom is 0.255 e. The highest BCUT2D eigenvalue weighted by atomic mass is 19.3. The Kier molecular flexibility index (Phi) is 3.28. The molecule has 2 nitrogen and oxygen atoms in total. The molecule has 1 rings (SSSR count). The van der Waals surface area contributed by atoms with Crippen LogP contribution >= 0.6 is 0 Å². The molecule has 0 radical (unpaired) electrons. The number of nitrogen functional groups attached to an aromatic ring is 1. The molecule has 0 unspecified atom stereocenters. The summed E-state index contributed by atoms with van der Waals surface area (Å²) in [5, 5.41) is 0. The second kappa shape index (κ2) is 4.26. The summed E-state index contributed by atoms with van der Waals surface area (Å²) < 4.78 is 24.3. The summed E-state index contributed by atoms with van der Waals surface area (Å²) in [6, 6.07) is 5.31. The van der Waals surface area contributed by atoms with Gasteiger partial charge in [-0.3, -0.25) is 0 Å². The first kappa shape index (κ1) is 10.8. The summed E-state index contributed by atoms with van der Waals surface area (Å²) in [5.41, 5.74) is 7.90. The molecule has 4 heteroatoms. The van der Waals surface area contributed by atoms with E-state index in [9.17, 15) is 8.78 Å². The molecule has 0 aromatic heterocycles. The molecule has 0 saturated heterocycles. The number of rotatable bonds is 3. The number of hydrogen-bond acceptors (Lipinski definition) is 2. The van der Waals surface area contributed by atoms with Crippen LogP contribution in [0.4, 0.5) is 20.2 Å². The van der Waals surface area contributed by atoms with Gasteiger partial charge >= 0.3 is 0 Å². The second-order valence-electron chi connectivity index (χ2n) is 3.26. The van der Waals surface area contributed by atoms with Gasteiger partial charge in [0.2, 0.25) is 0 Å². The summed E-state index contributed by atoms with van der Waals surface area (Å²) in [5.74, 6) is 0. The van der Waals surface area contributed by atoms with Crippen molar-refractivity contribution in [1.29, 1.82) is 0 Å². The van der Waals surface area contributed by atoms with Gasteiger partial charge in [-0.2, -0.15) is 0 Å². The van der Waals surface area contributed by atoms with E-state index in [-0.39, 0.29) is 6.54 Å². The number of halogens is 2. The van der Waals surface area contributed by atoms with Gasteiger partial charge in [-0.15, -0.1) is 0 Å². The van der Waals surface area contributed by atoms with Crippen molar-refractivity contribution in [2.45, 2.75) is 13.3 Å². The molecular formula is C10H14F2N2. The van der Waals surface area contributed by atoms with Gasteiger partial charge in [-0.1, -0.05) is 6.07 Å². The van der Waals surface area contributed by atoms with E-state index in [2.05, 4.69) is 0 Å². The van der Waals surface area contributed by atoms with Crippen molar-refractivity contribution in [3.63, 3.8) is 0 Å². The number of alkyl halides is 2. The van der Waals surface area contributed by atoms with E-state index in [0.29, 0.717) is 5.69 Å². The third-order valence-electron chi connectivity index (χ3n) is 2.17. The lowest BCUT2D eigenvalue weighted by atomic mass is 10.1. The largest absolute Gasteiger partial charge is 0.398 e. The van der Waals surface area contributed by atoms with Crippen molar-refractivity contribution in [1.82, 2.24) is 0 Å². The minimum absolute atomic E-state index is 0.274. The zero-order chi connectivity index (χ0) is 10.7. The normalized spacial score (nSPS) is 10.6. The Labute approximate surface area is 82.3 Å². The van der Waals surface area contributed by atoms with Crippen LogP contribution in [0.5, 0.6) is 0 Å². The molecule has 14 heavy (non-hydrogen) atoms. The number of nitrogens with two attached hydrogens (primary N) is 1. The van der Waals surface area contributed by atoms with Gasteiger partial charge in [0.25, 0.3) is 6.43 Å². The number of anilines is 2. The van der Waals surface area contributed by atoms with E-state index in [4.69, 9.17) is 5.73 Å². The van der Waals surface area contributed by atoms with Crippen LogP contribution in [-0.2, 0) is 0 Å². The molecule has 0 amide bonds. The lowest BCUT2D eigenvalue weighted by Gasteiger charge is -2.21. The smallest absolute Gasteiger partial charge is 0.255 e. The summed E-state index contributed by atoms with van der Waals surface area (Å²) in [7, 11) is 1.63. The van der Waals surface area contributed by atoms with Gasteiger partial charge in [-0.25, -0.2) is 8.78 Å². The Morgan fingerprint density at radius 2 is 2.07 bits per heavy atom. The maximum atomic E-state index is 12.1. The third kappa shape index (κ3) is 2.34. The van der Waals surface area contributed by atoms with Gasteiger partial charge in [0.05, 0.1) is 6.54 Å². The summed E-state index contributed by atoms with van der Waals surface area (Å²) in [6.07, 6.45) is -2.33. The molecule has 0 spiro atoms. The van der Waals surface area contributed by atoms with E-state index < -0.39 is 6.43 Å². The Balaban J connectivity index is 2.89. The van der Waals surface area contributed by atoms with Crippen LogP contribution in [0.15, 0.2) is 18.2 Å². The standard InChI is InChI=1S/C10H14F2N2/c1-7-8(13)4-3-5-9(7)14(2)6-10(11)12/h3-5,10H,6,13H2,1-2H3. The van der Waals surface area contributed by atoms with E-state index in [1.54, 1.807) is 25.2 Å². The SMILES string of the molecule is Cc1c(N)cccc1N(C)CC(F)F. The van der Waals surface area contributed by atoms with Crippen LogP contribution in [0, 0.1) is 6.92 Å². The molecule has 0 heterocycles. The summed E-state index contributed by atoms with van der Waals surface area (Å²) in [6.45, 7) is 1.55. The van der Waals surface area contributed by atoms with Crippen LogP contribution in [0.25, 0.3) is 0 Å². The predicted octanol–water partition coefficient (Wildman–Crippen LogP) is 2.28. The summed E-state index contributed by atoms with van der Waals surface area (Å²) in [4.78, 5) is 1.51. The van der Waals surface area contributed by atoms with Crippen molar-refractivity contribution >= 4 is 11.4 Å². The molecule has 0 aliphatic heterocycles. The fourth-order valence-electron chi connectivity index (χ4n) is 1.36. The van der Waals surface area contributed by atoms with Crippen molar-refractivity contribution < 1.29 is 8.78 Å². The van der Waals surface area contributed by atoms with Gasteiger partial charge in [0.1, 0.15) is 0 Å². The Morgan fingerprint density at radius 1 is 1.43 bits per heavy atom. The average Bonchev–Trinajstić information content (AvgIpc) is 2.08. The molecule has 0 aliphatic carbocycles. The van der Waals surface area contributed by atoms with Gasteiger partial charge in [0, 0.05) is 18.4 Å². The van der Waals surface area contributed by atoms with Crippen molar-refractivity contribution in [3.05, 3.63) is 23.8 Å². The van der Waals surface area contributed by atoms with Crippen molar-refractivity contribution in [2.24, 2.45) is 0 Å². The minimum Gasteiger partial charge on any atom is -0.398 e. The van der Waals surface area contributed by atoms with Gasteiger partial charge < -0.3 is 10.6 Å². The van der Waals surface area contributed by atoms with E-state index in [1.807, 2.05) is 6.92 Å². The van der Waals surface area contributed by atoms with Crippen LogP contribution in [0.2, 0.25) is 0 Å². The Hall–Kier alpha value is -1.32. The van der Waals surface area contributed by atoms with E-state index in [0.717, 1.165) is 11.3 Å². The zero-order valence-electron chi connectivity index (χ0n) is 8.30. The zero-order valence-corrected chi connectivity index (χ0v) is 8.30. The molecule has 0 saturated carbocycles. The summed E-state index contributed by atoms with van der Waals surface area (Å²) >= 11 is 0. The average molecular weight is 200 g/mol. The molecule has 1 aromatic rings. The van der Waals surface area contributed by atoms with Crippen LogP contribution < -0.4 is 10.6 Å². The van der Waals surface area contributed by atoms with Crippen molar-refractivity contribution in [3.8, 4) is 0 Å². The number of hydrogen-bond donors (Lipinski definition) is 1. The van der Waals surface area contributed by atoms with Crippen molar-refractivity contribution in [2.75, 3.05) is 24.2 Å². The fourth-order valence-corrected chi connectivity index (χ4v) is 1.36. The first-order chi connectivity index (χ1) is 6.52. The molecule has 0 fully saturated rings. The Morgan fingerprint density at radius 3 is 2.64 bits per heavy atom. The van der Waals surface area contributed by atoms with Gasteiger partial charge in [-0.05, 0) is 24.6 Å². The second-order valence-corrected chi connectivity index (χ2v) is 3.26. The highest BCUT2D eigenvalue weighted by molar-refractivity contribution is 5.63. The van der Waals surface area contributed by atoms with Crippen LogP contribution in [-0.4, -0.2) is 20.0 Å². The predicted molar refractivity (Wildman–Crippen MR) is 54.9 cm³/mol. The highest BCUT2D eigenvalue weighted by Gasteiger charge is 2.11. The fraction of sp³-hybridized carbons (Fsp3) is 0.400. The Bertz CT molecular complexity index is 313. The number of nitrogens with zero attached hydrogens (tertiary/aromatic N) is 1. The molecule has 0 aliphatic rings. The molecule has 0 bridgehead atoms. The van der Waals surface area contributed by atoms with E-state index >= 15 is 0 Å². The third-order valence-corrected chi connectivity index (χ3v) is 2.17.